The standard InChI is InChI=1S/C9H18BN3OS/c10-12-8(3-1-2-4-11)9(14)13-5-6-15-7-13/h8,12H,1-7,11H2/t8-/m0/s1. The predicted octanol–water partition coefficient (Wildman–Crippen LogP) is -0.310. The van der Waals surface area contributed by atoms with Crippen molar-refractivity contribution in [3.05, 3.63) is 0 Å². The maximum Gasteiger partial charge on any atom is 0.239 e. The molecule has 0 aromatic carbocycles. The van der Waals surface area contributed by atoms with Gasteiger partial charge in [0.1, 0.15) is 0 Å². The van der Waals surface area contributed by atoms with Gasteiger partial charge < -0.3 is 15.9 Å². The van der Waals surface area contributed by atoms with Crippen LogP contribution in [-0.4, -0.2) is 49.5 Å². The van der Waals surface area contributed by atoms with E-state index in [1.165, 1.54) is 0 Å². The molecule has 0 aromatic heterocycles. The van der Waals surface area contributed by atoms with Gasteiger partial charge in [0.2, 0.25) is 5.91 Å². The summed E-state index contributed by atoms with van der Waals surface area (Å²) in [4.78, 5) is 13.8. The Balaban J connectivity index is 2.32. The maximum atomic E-state index is 11.9. The van der Waals surface area contributed by atoms with E-state index in [2.05, 4.69) is 5.23 Å². The van der Waals surface area contributed by atoms with Crippen LogP contribution in [0.4, 0.5) is 0 Å². The van der Waals surface area contributed by atoms with E-state index < -0.39 is 0 Å². The number of thioether (sulfide) groups is 1. The van der Waals surface area contributed by atoms with E-state index in [9.17, 15) is 4.79 Å². The summed E-state index contributed by atoms with van der Waals surface area (Å²) in [6, 6.07) is -0.241. The van der Waals surface area contributed by atoms with Gasteiger partial charge in [-0.3, -0.25) is 4.79 Å². The fourth-order valence-corrected chi connectivity index (χ4v) is 2.53. The van der Waals surface area contributed by atoms with Crippen molar-refractivity contribution in [2.45, 2.75) is 25.3 Å². The molecule has 0 saturated carbocycles. The molecule has 6 heteroatoms. The summed E-state index contributed by atoms with van der Waals surface area (Å²) in [5.74, 6) is 1.96. The molecule has 4 nitrogen and oxygen atoms in total. The fourth-order valence-electron chi connectivity index (χ4n) is 1.58. The second-order valence-electron chi connectivity index (χ2n) is 3.64. The number of carbonyl (C=O) groups excluding carboxylic acids is 1. The molecule has 15 heavy (non-hydrogen) atoms. The largest absolute Gasteiger partial charge is 0.356 e. The van der Waals surface area contributed by atoms with E-state index in [0.717, 1.165) is 37.4 Å². The Bertz CT molecular complexity index is 200. The van der Waals surface area contributed by atoms with Gasteiger partial charge >= 0.3 is 0 Å². The third kappa shape index (κ3) is 4.05. The SMILES string of the molecule is [B]N[C@@H](CCCCN)C(=O)N1CCSC1. The smallest absolute Gasteiger partial charge is 0.239 e. The van der Waals surface area contributed by atoms with Crippen molar-refractivity contribution in [3.8, 4) is 0 Å². The average molecular weight is 227 g/mol. The first kappa shape index (κ1) is 12.9. The van der Waals surface area contributed by atoms with Gasteiger partial charge in [0, 0.05) is 12.3 Å². The van der Waals surface area contributed by atoms with Crippen molar-refractivity contribution < 1.29 is 4.79 Å². The minimum absolute atomic E-state index is 0.125. The number of hydrogen-bond acceptors (Lipinski definition) is 4. The van der Waals surface area contributed by atoms with Crippen LogP contribution < -0.4 is 11.0 Å². The van der Waals surface area contributed by atoms with Gasteiger partial charge in [-0.05, 0) is 19.4 Å². The Kier molecular flexibility index (Phi) is 6.13. The molecule has 84 valence electrons. The molecule has 0 aromatic rings. The van der Waals surface area contributed by atoms with E-state index >= 15 is 0 Å². The van der Waals surface area contributed by atoms with E-state index in [0.29, 0.717) is 6.54 Å². The van der Waals surface area contributed by atoms with Gasteiger partial charge in [-0.2, -0.15) is 0 Å². The first-order valence-corrected chi connectivity index (χ1v) is 6.47. The van der Waals surface area contributed by atoms with Gasteiger partial charge in [-0.1, -0.05) is 6.42 Å². The number of carbonyl (C=O) groups is 1. The molecule has 1 fully saturated rings. The third-order valence-corrected chi connectivity index (χ3v) is 3.48. The number of hydrogen-bond donors (Lipinski definition) is 2. The zero-order valence-electron chi connectivity index (χ0n) is 8.95. The van der Waals surface area contributed by atoms with Crippen LogP contribution >= 0.6 is 11.8 Å². The van der Waals surface area contributed by atoms with E-state index in [1.807, 2.05) is 4.90 Å². The minimum atomic E-state index is -0.241. The van der Waals surface area contributed by atoms with Crippen molar-refractivity contribution in [2.24, 2.45) is 5.73 Å². The third-order valence-electron chi connectivity index (χ3n) is 2.51. The first-order valence-electron chi connectivity index (χ1n) is 5.32. The van der Waals surface area contributed by atoms with Crippen molar-refractivity contribution >= 4 is 25.7 Å². The van der Waals surface area contributed by atoms with Gasteiger partial charge in [0.15, 0.2) is 7.98 Å². The van der Waals surface area contributed by atoms with E-state index in [1.54, 1.807) is 11.8 Å². The highest BCUT2D eigenvalue weighted by atomic mass is 32.2. The molecular weight excluding hydrogens is 209 g/mol. The van der Waals surface area contributed by atoms with Crippen LogP contribution in [0.2, 0.25) is 0 Å². The molecule has 1 atom stereocenters. The second kappa shape index (κ2) is 7.14. The molecule has 0 unspecified atom stereocenters. The number of nitrogens with two attached hydrogens (primary N) is 1. The molecule has 1 aliphatic rings. The minimum Gasteiger partial charge on any atom is -0.356 e. The zero-order chi connectivity index (χ0) is 11.1. The summed E-state index contributed by atoms with van der Waals surface area (Å²) >= 11 is 1.78. The average Bonchev–Trinajstić information content (AvgIpc) is 2.77. The van der Waals surface area contributed by atoms with E-state index in [-0.39, 0.29) is 11.9 Å². The Morgan fingerprint density at radius 3 is 2.93 bits per heavy atom. The molecule has 3 N–H and O–H groups in total. The van der Waals surface area contributed by atoms with Crippen LogP contribution in [0.25, 0.3) is 0 Å². The maximum absolute atomic E-state index is 11.9. The summed E-state index contributed by atoms with van der Waals surface area (Å²) < 4.78 is 0. The van der Waals surface area contributed by atoms with Crippen LogP contribution in [0.3, 0.4) is 0 Å². The normalized spacial score (nSPS) is 18.1. The summed E-state index contributed by atoms with van der Waals surface area (Å²) in [7, 11) is 5.39. The van der Waals surface area contributed by atoms with Crippen LogP contribution in [-0.2, 0) is 4.79 Å². The zero-order valence-corrected chi connectivity index (χ0v) is 9.76. The first-order chi connectivity index (χ1) is 7.29. The number of rotatable bonds is 6. The van der Waals surface area contributed by atoms with E-state index in [4.69, 9.17) is 13.7 Å². The Morgan fingerprint density at radius 2 is 2.40 bits per heavy atom. The van der Waals surface area contributed by atoms with Gasteiger partial charge in [-0.25, -0.2) is 0 Å². The molecule has 2 radical (unpaired) electrons. The molecule has 0 aliphatic carbocycles. The Labute approximate surface area is 96.8 Å². The van der Waals surface area contributed by atoms with Crippen molar-refractivity contribution in [1.29, 1.82) is 0 Å². The molecule has 1 amide bonds. The summed E-state index contributed by atoms with van der Waals surface area (Å²) in [6.07, 6.45) is 2.66. The highest BCUT2D eigenvalue weighted by Gasteiger charge is 2.24. The summed E-state index contributed by atoms with van der Waals surface area (Å²) in [5, 5.41) is 2.60. The molecule has 1 heterocycles. The van der Waals surface area contributed by atoms with Gasteiger partial charge in [0.25, 0.3) is 0 Å². The number of nitrogens with zero attached hydrogens (tertiary/aromatic N) is 1. The topological polar surface area (TPSA) is 58.4 Å². The second-order valence-corrected chi connectivity index (χ2v) is 4.72. The van der Waals surface area contributed by atoms with Crippen molar-refractivity contribution in [3.63, 3.8) is 0 Å². The molecule has 1 rings (SSSR count). The molecule has 0 spiro atoms. The van der Waals surface area contributed by atoms with Crippen LogP contribution in [0.15, 0.2) is 0 Å². The van der Waals surface area contributed by atoms with Crippen LogP contribution in [0.1, 0.15) is 19.3 Å². The quantitative estimate of drug-likeness (QED) is 0.482. The fraction of sp³-hybridized carbons (Fsp3) is 0.889. The Morgan fingerprint density at radius 1 is 1.60 bits per heavy atom. The monoisotopic (exact) mass is 227 g/mol. The summed E-state index contributed by atoms with van der Waals surface area (Å²) in [6.45, 7) is 1.52. The lowest BCUT2D eigenvalue weighted by atomic mass is 10.1. The molecule has 0 bridgehead atoms. The lowest BCUT2D eigenvalue weighted by molar-refractivity contribution is -0.131. The number of amides is 1. The van der Waals surface area contributed by atoms with Gasteiger partial charge in [0.05, 0.1) is 11.9 Å². The lowest BCUT2D eigenvalue weighted by Gasteiger charge is -2.22. The predicted molar refractivity (Wildman–Crippen MR) is 64.6 cm³/mol. The number of unbranched alkanes of at least 4 members (excludes halogenated alkanes) is 1. The molecule has 1 aliphatic heterocycles. The molecular formula is C9H18BN3OS. The highest BCUT2D eigenvalue weighted by Crippen LogP contribution is 2.15. The van der Waals surface area contributed by atoms with Gasteiger partial charge in [-0.15, -0.1) is 11.8 Å². The number of nitrogens with one attached hydrogen (secondary N) is 1. The summed E-state index contributed by atoms with van der Waals surface area (Å²) in [5.41, 5.74) is 5.40. The van der Waals surface area contributed by atoms with Crippen molar-refractivity contribution in [1.82, 2.24) is 10.1 Å². The Hall–Kier alpha value is -0.195. The van der Waals surface area contributed by atoms with Crippen LogP contribution in [0.5, 0.6) is 0 Å². The van der Waals surface area contributed by atoms with Crippen LogP contribution in [0, 0.1) is 0 Å². The lowest BCUT2D eigenvalue weighted by Crippen LogP contribution is -2.44. The highest BCUT2D eigenvalue weighted by molar-refractivity contribution is 7.99. The molecule has 1 saturated heterocycles. The van der Waals surface area contributed by atoms with Crippen molar-refractivity contribution in [2.75, 3.05) is 24.7 Å².